The van der Waals surface area contributed by atoms with Crippen molar-refractivity contribution in [1.82, 2.24) is 4.90 Å². The van der Waals surface area contributed by atoms with Gasteiger partial charge in [-0.25, -0.2) is 0 Å². The molecule has 1 rings (SSSR count). The third kappa shape index (κ3) is 4.09. The zero-order valence-electron chi connectivity index (χ0n) is 8.19. The molecule has 0 aliphatic heterocycles. The molecule has 0 spiro atoms. The molecule has 78 valence electrons. The van der Waals surface area contributed by atoms with Crippen molar-refractivity contribution >= 4 is 11.6 Å². The standard InChI is InChI=1S/C11H16ClNO/c12-6-7-13(8-9-14)10-11-4-2-1-3-5-11/h1-5,14H,6-10H2. The van der Waals surface area contributed by atoms with Gasteiger partial charge in [0.2, 0.25) is 0 Å². The summed E-state index contributed by atoms with van der Waals surface area (Å²) in [6.45, 7) is 2.54. The van der Waals surface area contributed by atoms with E-state index >= 15 is 0 Å². The molecular weight excluding hydrogens is 198 g/mol. The number of nitrogens with zero attached hydrogens (tertiary/aromatic N) is 1. The summed E-state index contributed by atoms with van der Waals surface area (Å²) in [5.74, 6) is 0.604. The van der Waals surface area contributed by atoms with Crippen LogP contribution in [0.5, 0.6) is 0 Å². The van der Waals surface area contributed by atoms with Gasteiger partial charge < -0.3 is 5.11 Å². The molecule has 0 bridgehead atoms. The van der Waals surface area contributed by atoms with Crippen molar-refractivity contribution in [1.29, 1.82) is 0 Å². The van der Waals surface area contributed by atoms with Crippen molar-refractivity contribution in [2.24, 2.45) is 0 Å². The molecule has 0 saturated carbocycles. The third-order valence-electron chi connectivity index (χ3n) is 2.07. The lowest BCUT2D eigenvalue weighted by molar-refractivity contribution is 0.197. The van der Waals surface area contributed by atoms with E-state index in [4.69, 9.17) is 16.7 Å². The van der Waals surface area contributed by atoms with Crippen LogP contribution < -0.4 is 0 Å². The van der Waals surface area contributed by atoms with Crippen molar-refractivity contribution in [3.8, 4) is 0 Å². The number of hydrogen-bond donors (Lipinski definition) is 1. The Labute approximate surface area is 90.1 Å². The number of hydrogen-bond acceptors (Lipinski definition) is 2. The number of halogens is 1. The number of aliphatic hydroxyl groups excluding tert-OH is 1. The van der Waals surface area contributed by atoms with Gasteiger partial charge in [-0.05, 0) is 5.56 Å². The molecule has 0 fully saturated rings. The maximum absolute atomic E-state index is 8.86. The smallest absolute Gasteiger partial charge is 0.0558 e. The van der Waals surface area contributed by atoms with Crippen LogP contribution in [0.1, 0.15) is 5.56 Å². The zero-order valence-corrected chi connectivity index (χ0v) is 8.95. The van der Waals surface area contributed by atoms with Gasteiger partial charge in [-0.2, -0.15) is 0 Å². The summed E-state index contributed by atoms with van der Waals surface area (Å²) in [6, 6.07) is 10.2. The molecule has 3 heteroatoms. The van der Waals surface area contributed by atoms with E-state index < -0.39 is 0 Å². The van der Waals surface area contributed by atoms with E-state index in [1.165, 1.54) is 5.56 Å². The Balaban J connectivity index is 2.46. The van der Waals surface area contributed by atoms with E-state index in [1.54, 1.807) is 0 Å². The summed E-state index contributed by atoms with van der Waals surface area (Å²) in [4.78, 5) is 2.14. The van der Waals surface area contributed by atoms with Crippen molar-refractivity contribution < 1.29 is 5.11 Å². The Morgan fingerprint density at radius 3 is 2.43 bits per heavy atom. The summed E-state index contributed by atoms with van der Waals surface area (Å²) in [7, 11) is 0. The van der Waals surface area contributed by atoms with E-state index in [0.29, 0.717) is 12.4 Å². The Bertz CT molecular complexity index is 234. The Morgan fingerprint density at radius 2 is 1.86 bits per heavy atom. The highest BCUT2D eigenvalue weighted by Gasteiger charge is 2.03. The van der Waals surface area contributed by atoms with Gasteiger partial charge in [0.25, 0.3) is 0 Å². The molecule has 0 amide bonds. The maximum atomic E-state index is 8.86. The van der Waals surface area contributed by atoms with Crippen LogP contribution >= 0.6 is 11.6 Å². The lowest BCUT2D eigenvalue weighted by Crippen LogP contribution is -2.28. The van der Waals surface area contributed by atoms with Gasteiger partial charge in [-0.1, -0.05) is 30.3 Å². The number of rotatable bonds is 6. The zero-order chi connectivity index (χ0) is 10.2. The summed E-state index contributed by atoms with van der Waals surface area (Å²) in [5.41, 5.74) is 1.26. The highest BCUT2D eigenvalue weighted by molar-refractivity contribution is 6.18. The summed E-state index contributed by atoms with van der Waals surface area (Å²) >= 11 is 5.67. The lowest BCUT2D eigenvalue weighted by Gasteiger charge is -2.19. The molecule has 2 nitrogen and oxygen atoms in total. The van der Waals surface area contributed by atoms with Gasteiger partial charge >= 0.3 is 0 Å². The summed E-state index contributed by atoms with van der Waals surface area (Å²) < 4.78 is 0. The SMILES string of the molecule is OCCN(CCCl)Cc1ccccc1. The van der Waals surface area contributed by atoms with E-state index in [0.717, 1.165) is 13.1 Å². The van der Waals surface area contributed by atoms with Gasteiger partial charge in [0.15, 0.2) is 0 Å². The number of aliphatic hydroxyl groups is 1. The molecule has 0 aliphatic carbocycles. The first-order valence-electron chi connectivity index (χ1n) is 4.80. The van der Waals surface area contributed by atoms with Crippen LogP contribution in [-0.2, 0) is 6.54 Å². The van der Waals surface area contributed by atoms with E-state index in [-0.39, 0.29) is 6.61 Å². The van der Waals surface area contributed by atoms with Gasteiger partial charge in [0, 0.05) is 25.5 Å². The second kappa shape index (κ2) is 6.82. The van der Waals surface area contributed by atoms with E-state index in [1.807, 2.05) is 18.2 Å². The molecule has 1 N–H and O–H groups in total. The second-order valence-corrected chi connectivity index (χ2v) is 3.55. The maximum Gasteiger partial charge on any atom is 0.0558 e. The fourth-order valence-electron chi connectivity index (χ4n) is 1.37. The van der Waals surface area contributed by atoms with Gasteiger partial charge in [-0.3, -0.25) is 4.90 Å². The van der Waals surface area contributed by atoms with Gasteiger partial charge in [-0.15, -0.1) is 11.6 Å². The summed E-state index contributed by atoms with van der Waals surface area (Å²) in [5, 5.41) is 8.86. The minimum absolute atomic E-state index is 0.184. The van der Waals surface area contributed by atoms with Crippen molar-refractivity contribution in [3.05, 3.63) is 35.9 Å². The first-order valence-corrected chi connectivity index (χ1v) is 5.33. The predicted octanol–water partition coefficient (Wildman–Crippen LogP) is 1.72. The van der Waals surface area contributed by atoms with Crippen LogP contribution in [0.15, 0.2) is 30.3 Å². The molecular formula is C11H16ClNO. The third-order valence-corrected chi connectivity index (χ3v) is 2.24. The molecule has 0 saturated heterocycles. The van der Waals surface area contributed by atoms with Crippen LogP contribution in [0, 0.1) is 0 Å². The Kier molecular flexibility index (Phi) is 5.60. The molecule has 14 heavy (non-hydrogen) atoms. The van der Waals surface area contributed by atoms with Crippen LogP contribution in [0.25, 0.3) is 0 Å². The molecule has 1 aromatic carbocycles. The normalized spacial score (nSPS) is 10.8. The molecule has 0 aliphatic rings. The van der Waals surface area contributed by atoms with Crippen LogP contribution in [0.4, 0.5) is 0 Å². The molecule has 0 heterocycles. The fourth-order valence-corrected chi connectivity index (χ4v) is 1.61. The quantitative estimate of drug-likeness (QED) is 0.728. The van der Waals surface area contributed by atoms with Crippen molar-refractivity contribution in [2.45, 2.75) is 6.54 Å². The molecule has 0 unspecified atom stereocenters. The highest BCUT2D eigenvalue weighted by Crippen LogP contribution is 2.03. The Morgan fingerprint density at radius 1 is 1.14 bits per heavy atom. The van der Waals surface area contributed by atoms with E-state index in [2.05, 4.69) is 17.0 Å². The van der Waals surface area contributed by atoms with E-state index in [9.17, 15) is 0 Å². The predicted molar refractivity (Wildman–Crippen MR) is 59.5 cm³/mol. The largest absolute Gasteiger partial charge is 0.395 e. The van der Waals surface area contributed by atoms with Crippen LogP contribution in [-0.4, -0.2) is 35.6 Å². The highest BCUT2D eigenvalue weighted by atomic mass is 35.5. The minimum Gasteiger partial charge on any atom is -0.395 e. The molecule has 0 atom stereocenters. The Hall–Kier alpha value is -0.570. The first kappa shape index (κ1) is 11.5. The molecule has 1 aromatic rings. The van der Waals surface area contributed by atoms with Crippen molar-refractivity contribution in [2.75, 3.05) is 25.6 Å². The average molecular weight is 214 g/mol. The molecule has 0 aromatic heterocycles. The van der Waals surface area contributed by atoms with Crippen molar-refractivity contribution in [3.63, 3.8) is 0 Å². The first-order chi connectivity index (χ1) is 6.86. The molecule has 0 radical (unpaired) electrons. The lowest BCUT2D eigenvalue weighted by atomic mass is 10.2. The number of alkyl halides is 1. The second-order valence-electron chi connectivity index (χ2n) is 3.17. The summed E-state index contributed by atoms with van der Waals surface area (Å²) in [6.07, 6.45) is 0. The topological polar surface area (TPSA) is 23.5 Å². The van der Waals surface area contributed by atoms with Crippen LogP contribution in [0.3, 0.4) is 0 Å². The number of benzene rings is 1. The van der Waals surface area contributed by atoms with Gasteiger partial charge in [0.05, 0.1) is 6.61 Å². The minimum atomic E-state index is 0.184. The van der Waals surface area contributed by atoms with Crippen LogP contribution in [0.2, 0.25) is 0 Å². The average Bonchev–Trinajstić information content (AvgIpc) is 2.20. The monoisotopic (exact) mass is 213 g/mol. The fraction of sp³-hybridized carbons (Fsp3) is 0.455. The van der Waals surface area contributed by atoms with Gasteiger partial charge in [0.1, 0.15) is 0 Å².